The van der Waals surface area contributed by atoms with Crippen LogP contribution in [0.1, 0.15) is 19.3 Å². The summed E-state index contributed by atoms with van der Waals surface area (Å²) in [5.74, 6) is -0.127. The van der Waals surface area contributed by atoms with Gasteiger partial charge in [-0.15, -0.1) is 0 Å². The Morgan fingerprint density at radius 2 is 1.86 bits per heavy atom. The maximum Gasteiger partial charge on any atom is 0.146 e. The topological polar surface area (TPSA) is 32.5 Å². The summed E-state index contributed by atoms with van der Waals surface area (Å²) in [5.41, 5.74) is 6.76. The van der Waals surface area contributed by atoms with Gasteiger partial charge in [0.2, 0.25) is 0 Å². The summed E-state index contributed by atoms with van der Waals surface area (Å²) in [7, 11) is 0. The van der Waals surface area contributed by atoms with Gasteiger partial charge in [0, 0.05) is 39.1 Å². The van der Waals surface area contributed by atoms with Crippen molar-refractivity contribution in [2.45, 2.75) is 19.3 Å². The SMILES string of the molecule is NC(=S)CC1(CN2CCN(c3ccccc3F)CC2)CC1. The Morgan fingerprint density at radius 3 is 2.43 bits per heavy atom. The summed E-state index contributed by atoms with van der Waals surface area (Å²) in [6.45, 7) is 4.80. The largest absolute Gasteiger partial charge is 0.393 e. The third kappa shape index (κ3) is 3.52. The number of para-hydroxylation sites is 1. The molecule has 3 rings (SSSR count). The average molecular weight is 307 g/mol. The molecule has 0 unspecified atom stereocenters. The van der Waals surface area contributed by atoms with E-state index in [-0.39, 0.29) is 5.82 Å². The lowest BCUT2D eigenvalue weighted by atomic mass is 10.0. The first-order valence-electron chi connectivity index (χ1n) is 7.58. The zero-order valence-corrected chi connectivity index (χ0v) is 13.0. The number of rotatable bonds is 5. The Balaban J connectivity index is 1.54. The Hall–Kier alpha value is -1.20. The summed E-state index contributed by atoms with van der Waals surface area (Å²) < 4.78 is 13.8. The predicted molar refractivity (Wildman–Crippen MR) is 88.1 cm³/mol. The average Bonchev–Trinajstić information content (AvgIpc) is 3.19. The van der Waals surface area contributed by atoms with Crippen molar-refractivity contribution in [2.24, 2.45) is 11.1 Å². The maximum atomic E-state index is 13.8. The highest BCUT2D eigenvalue weighted by Gasteiger charge is 2.44. The molecule has 2 N–H and O–H groups in total. The first-order chi connectivity index (χ1) is 10.1. The molecule has 1 aromatic rings. The number of benzene rings is 1. The Morgan fingerprint density at radius 1 is 1.19 bits per heavy atom. The van der Waals surface area contributed by atoms with E-state index in [4.69, 9.17) is 18.0 Å². The molecule has 0 radical (unpaired) electrons. The van der Waals surface area contributed by atoms with Crippen molar-refractivity contribution in [1.29, 1.82) is 0 Å². The van der Waals surface area contributed by atoms with E-state index in [1.165, 1.54) is 18.9 Å². The fourth-order valence-electron chi connectivity index (χ4n) is 3.27. The number of halogens is 1. The summed E-state index contributed by atoms with van der Waals surface area (Å²) >= 11 is 5.06. The minimum atomic E-state index is -0.127. The minimum Gasteiger partial charge on any atom is -0.393 e. The van der Waals surface area contributed by atoms with E-state index in [0.29, 0.717) is 10.4 Å². The highest BCUT2D eigenvalue weighted by Crippen LogP contribution is 2.49. The lowest BCUT2D eigenvalue weighted by Gasteiger charge is -2.37. The van der Waals surface area contributed by atoms with Crippen molar-refractivity contribution < 1.29 is 4.39 Å². The predicted octanol–water partition coefficient (Wildman–Crippen LogP) is 2.40. The van der Waals surface area contributed by atoms with Crippen LogP contribution in [0.2, 0.25) is 0 Å². The second-order valence-corrected chi connectivity index (χ2v) is 6.88. The monoisotopic (exact) mass is 307 g/mol. The molecule has 0 spiro atoms. The van der Waals surface area contributed by atoms with Crippen LogP contribution in [0.4, 0.5) is 10.1 Å². The van der Waals surface area contributed by atoms with Gasteiger partial charge in [0.25, 0.3) is 0 Å². The molecule has 3 nitrogen and oxygen atoms in total. The fraction of sp³-hybridized carbons (Fsp3) is 0.562. The van der Waals surface area contributed by atoms with Gasteiger partial charge in [-0.05, 0) is 30.4 Å². The van der Waals surface area contributed by atoms with Gasteiger partial charge in [0.15, 0.2) is 0 Å². The summed E-state index contributed by atoms with van der Waals surface area (Å²) in [6.07, 6.45) is 3.34. The lowest BCUT2D eigenvalue weighted by Crippen LogP contribution is -2.48. The molecule has 0 atom stereocenters. The van der Waals surface area contributed by atoms with Gasteiger partial charge in [-0.2, -0.15) is 0 Å². The number of hydrogen-bond acceptors (Lipinski definition) is 3. The standard InChI is InChI=1S/C16H22FN3S/c17-13-3-1-2-4-14(13)20-9-7-19(8-10-20)12-16(5-6-16)11-15(18)21/h1-4H,5-12H2,(H2,18,21). The van der Waals surface area contributed by atoms with Gasteiger partial charge in [-0.25, -0.2) is 4.39 Å². The molecule has 1 aliphatic carbocycles. The van der Waals surface area contributed by atoms with E-state index in [1.54, 1.807) is 6.07 Å². The van der Waals surface area contributed by atoms with E-state index in [1.807, 2.05) is 12.1 Å². The van der Waals surface area contributed by atoms with Crippen LogP contribution in [-0.4, -0.2) is 42.6 Å². The third-order valence-electron chi connectivity index (χ3n) is 4.63. The highest BCUT2D eigenvalue weighted by molar-refractivity contribution is 7.80. The molecule has 1 heterocycles. The zero-order chi connectivity index (χ0) is 14.9. The quantitative estimate of drug-likeness (QED) is 0.847. The summed E-state index contributed by atoms with van der Waals surface area (Å²) in [5, 5.41) is 0. The molecule has 0 aromatic heterocycles. The van der Waals surface area contributed by atoms with Crippen molar-refractivity contribution in [3.05, 3.63) is 30.1 Å². The molecular weight excluding hydrogens is 285 g/mol. The van der Waals surface area contributed by atoms with Crippen LogP contribution >= 0.6 is 12.2 Å². The van der Waals surface area contributed by atoms with Crippen molar-refractivity contribution in [1.82, 2.24) is 4.90 Å². The van der Waals surface area contributed by atoms with E-state index >= 15 is 0 Å². The molecule has 1 aliphatic heterocycles. The van der Waals surface area contributed by atoms with Crippen LogP contribution in [0.3, 0.4) is 0 Å². The first kappa shape index (κ1) is 14.7. The van der Waals surface area contributed by atoms with Crippen LogP contribution in [0.5, 0.6) is 0 Å². The zero-order valence-electron chi connectivity index (χ0n) is 12.2. The smallest absolute Gasteiger partial charge is 0.146 e. The van der Waals surface area contributed by atoms with Crippen molar-refractivity contribution in [2.75, 3.05) is 37.6 Å². The molecule has 0 bridgehead atoms. The van der Waals surface area contributed by atoms with Gasteiger partial charge in [0.1, 0.15) is 5.82 Å². The van der Waals surface area contributed by atoms with Gasteiger partial charge in [-0.3, -0.25) is 4.90 Å². The Kier molecular flexibility index (Phi) is 4.13. The fourth-order valence-corrected chi connectivity index (χ4v) is 3.57. The number of anilines is 1. The highest BCUT2D eigenvalue weighted by atomic mass is 32.1. The molecule has 1 aromatic carbocycles. The van der Waals surface area contributed by atoms with Crippen LogP contribution in [0.25, 0.3) is 0 Å². The Bertz CT molecular complexity index is 522. The van der Waals surface area contributed by atoms with E-state index < -0.39 is 0 Å². The van der Waals surface area contributed by atoms with Gasteiger partial charge < -0.3 is 10.6 Å². The number of nitrogens with two attached hydrogens (primary N) is 1. The van der Waals surface area contributed by atoms with Gasteiger partial charge >= 0.3 is 0 Å². The maximum absolute atomic E-state index is 13.8. The number of nitrogens with zero attached hydrogens (tertiary/aromatic N) is 2. The molecule has 0 amide bonds. The van der Waals surface area contributed by atoms with Gasteiger partial charge in [0.05, 0.1) is 10.7 Å². The van der Waals surface area contributed by atoms with Crippen LogP contribution < -0.4 is 10.6 Å². The van der Waals surface area contributed by atoms with E-state index in [2.05, 4.69) is 9.80 Å². The molecule has 2 aliphatic rings. The van der Waals surface area contributed by atoms with Crippen LogP contribution in [-0.2, 0) is 0 Å². The second-order valence-electron chi connectivity index (χ2n) is 6.36. The summed E-state index contributed by atoms with van der Waals surface area (Å²) in [4.78, 5) is 5.25. The van der Waals surface area contributed by atoms with Crippen molar-refractivity contribution in [3.8, 4) is 0 Å². The molecule has 114 valence electrons. The molecule has 1 saturated heterocycles. The summed E-state index contributed by atoms with van der Waals surface area (Å²) in [6, 6.07) is 7.02. The second kappa shape index (κ2) is 5.89. The van der Waals surface area contributed by atoms with Crippen LogP contribution in [0.15, 0.2) is 24.3 Å². The third-order valence-corrected chi connectivity index (χ3v) is 4.78. The number of hydrogen-bond donors (Lipinski definition) is 1. The first-order valence-corrected chi connectivity index (χ1v) is 7.99. The Labute approximate surface area is 130 Å². The van der Waals surface area contributed by atoms with Gasteiger partial charge in [-0.1, -0.05) is 24.4 Å². The van der Waals surface area contributed by atoms with E-state index in [0.717, 1.165) is 44.8 Å². The van der Waals surface area contributed by atoms with Crippen molar-refractivity contribution >= 4 is 22.9 Å². The minimum absolute atomic E-state index is 0.127. The molecule has 2 fully saturated rings. The van der Waals surface area contributed by atoms with Crippen LogP contribution in [0, 0.1) is 11.2 Å². The molecule has 5 heteroatoms. The normalized spacial score (nSPS) is 21.3. The van der Waals surface area contributed by atoms with E-state index in [9.17, 15) is 4.39 Å². The number of thiocarbonyl (C=S) groups is 1. The van der Waals surface area contributed by atoms with Crippen molar-refractivity contribution in [3.63, 3.8) is 0 Å². The molecule has 21 heavy (non-hydrogen) atoms. The number of piperazine rings is 1. The lowest BCUT2D eigenvalue weighted by molar-refractivity contribution is 0.210. The molecular formula is C16H22FN3S. The molecule has 1 saturated carbocycles.